The molecule has 0 saturated carbocycles. The third-order valence-electron chi connectivity index (χ3n) is 4.83. The van der Waals surface area contributed by atoms with Crippen molar-refractivity contribution < 1.29 is 19.1 Å². The van der Waals surface area contributed by atoms with E-state index in [0.717, 1.165) is 11.3 Å². The minimum atomic E-state index is -1.39. The molecule has 1 aliphatic rings. The molecule has 25 heavy (non-hydrogen) atoms. The summed E-state index contributed by atoms with van der Waals surface area (Å²) in [6.45, 7) is 0.549. The van der Waals surface area contributed by atoms with Crippen molar-refractivity contribution in [2.45, 2.75) is 12.5 Å². The molecule has 0 amide bonds. The van der Waals surface area contributed by atoms with Crippen LogP contribution in [0.4, 0.5) is 5.69 Å². The van der Waals surface area contributed by atoms with E-state index in [9.17, 15) is 9.59 Å². The lowest BCUT2D eigenvalue weighted by Gasteiger charge is -2.35. The van der Waals surface area contributed by atoms with Crippen molar-refractivity contribution in [3.8, 4) is 0 Å². The van der Waals surface area contributed by atoms with Gasteiger partial charge in [-0.3, -0.25) is 9.59 Å². The van der Waals surface area contributed by atoms with Gasteiger partial charge in [0.1, 0.15) is 0 Å². The normalized spacial score (nSPS) is 18.6. The molecule has 0 aromatic heterocycles. The Morgan fingerprint density at radius 2 is 1.44 bits per heavy atom. The van der Waals surface area contributed by atoms with Crippen molar-refractivity contribution in [2.75, 3.05) is 25.7 Å². The lowest BCUT2D eigenvalue weighted by molar-refractivity contribution is -0.169. The summed E-state index contributed by atoms with van der Waals surface area (Å²) in [6.07, 6.45) is 0.334. The molecule has 1 aliphatic heterocycles. The second-order valence-electron chi connectivity index (χ2n) is 6.05. The van der Waals surface area contributed by atoms with Gasteiger partial charge in [-0.1, -0.05) is 48.5 Å². The number of rotatable bonds is 4. The smallest absolute Gasteiger partial charge is 0.325 e. The lowest BCUT2D eigenvalue weighted by atomic mass is 9.77. The molecule has 0 bridgehead atoms. The zero-order valence-electron chi connectivity index (χ0n) is 14.3. The molecule has 0 N–H and O–H groups in total. The largest absolute Gasteiger partial charge is 0.468 e. The summed E-state index contributed by atoms with van der Waals surface area (Å²) in [6, 6.07) is 18.8. The number of methoxy groups -OCH3 is 2. The van der Waals surface area contributed by atoms with E-state index in [0.29, 0.717) is 13.0 Å². The van der Waals surface area contributed by atoms with E-state index in [1.165, 1.54) is 14.2 Å². The van der Waals surface area contributed by atoms with Crippen molar-refractivity contribution in [1.29, 1.82) is 0 Å². The third-order valence-corrected chi connectivity index (χ3v) is 4.83. The van der Waals surface area contributed by atoms with Crippen molar-refractivity contribution in [3.05, 3.63) is 66.2 Å². The average Bonchev–Trinajstić information content (AvgIpc) is 3.09. The summed E-state index contributed by atoms with van der Waals surface area (Å²) < 4.78 is 10.1. The first-order valence-corrected chi connectivity index (χ1v) is 8.18. The number of esters is 2. The Morgan fingerprint density at radius 1 is 0.920 bits per heavy atom. The Morgan fingerprint density at radius 3 is 1.96 bits per heavy atom. The van der Waals surface area contributed by atoms with Crippen LogP contribution < -0.4 is 4.90 Å². The van der Waals surface area contributed by atoms with Crippen LogP contribution in [-0.2, 0) is 19.1 Å². The van der Waals surface area contributed by atoms with Crippen molar-refractivity contribution >= 4 is 17.6 Å². The van der Waals surface area contributed by atoms with Crippen LogP contribution in [0.2, 0.25) is 0 Å². The fourth-order valence-corrected chi connectivity index (χ4v) is 3.70. The van der Waals surface area contributed by atoms with E-state index in [-0.39, 0.29) is 0 Å². The van der Waals surface area contributed by atoms with E-state index < -0.39 is 23.4 Å². The van der Waals surface area contributed by atoms with Gasteiger partial charge in [0.15, 0.2) is 5.41 Å². The van der Waals surface area contributed by atoms with Crippen molar-refractivity contribution in [1.82, 2.24) is 0 Å². The topological polar surface area (TPSA) is 55.8 Å². The minimum absolute atomic E-state index is 0.334. The zero-order valence-corrected chi connectivity index (χ0v) is 14.3. The molecule has 2 aromatic carbocycles. The van der Waals surface area contributed by atoms with E-state index in [4.69, 9.17) is 9.47 Å². The van der Waals surface area contributed by atoms with Gasteiger partial charge in [0.25, 0.3) is 0 Å². The molecule has 2 aromatic rings. The molecule has 1 unspecified atom stereocenters. The molecule has 1 heterocycles. The number of benzene rings is 2. The number of nitrogens with zero attached hydrogens (tertiary/aromatic N) is 1. The Hall–Kier alpha value is -2.82. The van der Waals surface area contributed by atoms with Gasteiger partial charge in [-0.2, -0.15) is 0 Å². The van der Waals surface area contributed by atoms with Crippen molar-refractivity contribution in [2.24, 2.45) is 5.41 Å². The predicted molar refractivity (Wildman–Crippen MR) is 94.1 cm³/mol. The molecular formula is C20H21NO4. The van der Waals surface area contributed by atoms with Gasteiger partial charge in [0, 0.05) is 12.2 Å². The standard InChI is InChI=1S/C20H21NO4/c1-24-18(22)20(19(23)25-2)13-14-21(16-11-7-4-8-12-16)17(20)15-9-5-3-6-10-15/h3-12,17H,13-14H2,1-2H3. The van der Waals surface area contributed by atoms with Crippen LogP contribution >= 0.6 is 0 Å². The molecular weight excluding hydrogens is 318 g/mol. The van der Waals surface area contributed by atoms with Crippen LogP contribution in [0, 0.1) is 5.41 Å². The Kier molecular flexibility index (Phi) is 4.74. The maximum Gasteiger partial charge on any atom is 0.325 e. The first-order chi connectivity index (χ1) is 12.1. The number of carbonyl (C=O) groups is 2. The quantitative estimate of drug-likeness (QED) is 0.633. The highest BCUT2D eigenvalue weighted by atomic mass is 16.5. The molecule has 3 rings (SSSR count). The molecule has 130 valence electrons. The third kappa shape index (κ3) is 2.76. The second-order valence-corrected chi connectivity index (χ2v) is 6.05. The molecule has 1 saturated heterocycles. The van der Waals surface area contributed by atoms with Crippen LogP contribution in [0.1, 0.15) is 18.0 Å². The van der Waals surface area contributed by atoms with Crippen LogP contribution in [0.3, 0.4) is 0 Å². The second kappa shape index (κ2) is 6.97. The van der Waals surface area contributed by atoms with Gasteiger partial charge < -0.3 is 14.4 Å². The molecule has 1 fully saturated rings. The Balaban J connectivity index is 2.18. The summed E-state index contributed by atoms with van der Waals surface area (Å²) in [4.78, 5) is 27.6. The number of hydrogen-bond acceptors (Lipinski definition) is 5. The van der Waals surface area contributed by atoms with Crippen LogP contribution in [-0.4, -0.2) is 32.7 Å². The minimum Gasteiger partial charge on any atom is -0.468 e. The summed E-state index contributed by atoms with van der Waals surface area (Å²) in [5.74, 6) is -1.13. The van der Waals surface area contributed by atoms with Crippen LogP contribution in [0.15, 0.2) is 60.7 Å². The molecule has 5 nitrogen and oxygen atoms in total. The summed E-state index contributed by atoms with van der Waals surface area (Å²) in [7, 11) is 2.61. The average molecular weight is 339 g/mol. The monoisotopic (exact) mass is 339 g/mol. The Bertz CT molecular complexity index is 729. The van der Waals surface area contributed by atoms with Gasteiger partial charge in [-0.15, -0.1) is 0 Å². The van der Waals surface area contributed by atoms with Crippen LogP contribution in [0.25, 0.3) is 0 Å². The molecule has 1 atom stereocenters. The predicted octanol–water partition coefficient (Wildman–Crippen LogP) is 2.97. The SMILES string of the molecule is COC(=O)C1(C(=O)OC)CCN(c2ccccc2)C1c1ccccc1. The van der Waals surface area contributed by atoms with Gasteiger partial charge in [0.05, 0.1) is 20.3 Å². The summed E-state index contributed by atoms with van der Waals surface area (Å²) >= 11 is 0. The number of ether oxygens (including phenoxy) is 2. The van der Waals surface area contributed by atoms with Gasteiger partial charge >= 0.3 is 11.9 Å². The fourth-order valence-electron chi connectivity index (χ4n) is 3.70. The number of carbonyl (C=O) groups excluding carboxylic acids is 2. The Labute approximate surface area is 147 Å². The van der Waals surface area contributed by atoms with Crippen molar-refractivity contribution in [3.63, 3.8) is 0 Å². The highest BCUT2D eigenvalue weighted by Crippen LogP contribution is 2.50. The first-order valence-electron chi connectivity index (χ1n) is 8.18. The molecule has 0 radical (unpaired) electrons. The number of para-hydroxylation sites is 1. The number of anilines is 1. The van der Waals surface area contributed by atoms with Gasteiger partial charge in [-0.25, -0.2) is 0 Å². The van der Waals surface area contributed by atoms with E-state index in [1.807, 2.05) is 60.7 Å². The zero-order chi connectivity index (χ0) is 17.9. The maximum atomic E-state index is 12.7. The van der Waals surface area contributed by atoms with Crippen LogP contribution in [0.5, 0.6) is 0 Å². The fraction of sp³-hybridized carbons (Fsp3) is 0.300. The molecule has 5 heteroatoms. The van der Waals surface area contributed by atoms with E-state index >= 15 is 0 Å². The summed E-state index contributed by atoms with van der Waals surface area (Å²) in [5, 5.41) is 0. The number of hydrogen-bond donors (Lipinski definition) is 0. The summed E-state index contributed by atoms with van der Waals surface area (Å²) in [5.41, 5.74) is 0.437. The maximum absolute atomic E-state index is 12.7. The lowest BCUT2D eigenvalue weighted by Crippen LogP contribution is -2.46. The first kappa shape index (κ1) is 17.0. The highest BCUT2D eigenvalue weighted by molar-refractivity contribution is 6.02. The molecule has 0 spiro atoms. The van der Waals surface area contributed by atoms with Gasteiger partial charge in [0.2, 0.25) is 0 Å². The highest BCUT2D eigenvalue weighted by Gasteiger charge is 2.60. The van der Waals surface area contributed by atoms with E-state index in [1.54, 1.807) is 0 Å². The molecule has 0 aliphatic carbocycles. The van der Waals surface area contributed by atoms with Gasteiger partial charge in [-0.05, 0) is 24.1 Å². The van der Waals surface area contributed by atoms with E-state index in [2.05, 4.69) is 4.90 Å².